The van der Waals surface area contributed by atoms with Crippen molar-refractivity contribution < 1.29 is 9.50 Å². The predicted molar refractivity (Wildman–Crippen MR) is 73.4 cm³/mol. The first kappa shape index (κ1) is 13.7. The van der Waals surface area contributed by atoms with E-state index in [1.165, 1.54) is 6.07 Å². The lowest BCUT2D eigenvalue weighted by Crippen LogP contribution is -2.28. The number of hydrogen-bond acceptors (Lipinski definition) is 2. The summed E-state index contributed by atoms with van der Waals surface area (Å²) >= 11 is 0. The number of hydrogen-bond donors (Lipinski definition) is 1. The van der Waals surface area contributed by atoms with Gasteiger partial charge in [0.15, 0.2) is 0 Å². The fraction of sp³-hybridized carbons (Fsp3) is 0.312. The van der Waals surface area contributed by atoms with Crippen molar-refractivity contribution in [2.45, 2.75) is 32.8 Å². The van der Waals surface area contributed by atoms with Gasteiger partial charge in [-0.25, -0.2) is 4.39 Å². The molecular formula is C16H18FNO. The van der Waals surface area contributed by atoms with E-state index in [1.807, 2.05) is 39.0 Å². The number of nitrogens with zero attached hydrogens (tertiary/aromatic N) is 1. The van der Waals surface area contributed by atoms with E-state index in [0.29, 0.717) is 12.1 Å². The first-order chi connectivity index (χ1) is 8.99. The van der Waals surface area contributed by atoms with Crippen LogP contribution in [0.5, 0.6) is 0 Å². The lowest BCUT2D eigenvalue weighted by Gasteiger charge is -2.29. The second-order valence-corrected chi connectivity index (χ2v) is 4.82. The van der Waals surface area contributed by atoms with Crippen LogP contribution in [0.15, 0.2) is 36.5 Å². The minimum Gasteiger partial charge on any atom is -0.379 e. The number of halogens is 1. The summed E-state index contributed by atoms with van der Waals surface area (Å²) in [7, 11) is 0. The molecule has 0 amide bonds. The first-order valence-corrected chi connectivity index (χ1v) is 6.40. The molecule has 0 aliphatic heterocycles. The zero-order valence-electron chi connectivity index (χ0n) is 11.4. The van der Waals surface area contributed by atoms with E-state index in [4.69, 9.17) is 0 Å². The molecule has 1 aromatic carbocycles. The highest BCUT2D eigenvalue weighted by atomic mass is 19.1. The molecule has 3 heteroatoms. The van der Waals surface area contributed by atoms with Gasteiger partial charge in [-0.15, -0.1) is 0 Å². The number of aryl methyl sites for hydroxylation is 1. The summed E-state index contributed by atoms with van der Waals surface area (Å²) in [5.74, 6) is -0.400. The maximum absolute atomic E-state index is 13.0. The van der Waals surface area contributed by atoms with Gasteiger partial charge in [-0.3, -0.25) is 4.98 Å². The number of aliphatic hydroxyl groups is 1. The monoisotopic (exact) mass is 259 g/mol. The molecular weight excluding hydrogens is 241 g/mol. The van der Waals surface area contributed by atoms with E-state index in [2.05, 4.69) is 4.98 Å². The molecule has 0 aliphatic carbocycles. The zero-order chi connectivity index (χ0) is 14.0. The number of rotatable bonds is 3. The van der Waals surface area contributed by atoms with Crippen molar-refractivity contribution in [2.24, 2.45) is 0 Å². The highest BCUT2D eigenvalue weighted by Crippen LogP contribution is 2.34. The van der Waals surface area contributed by atoms with Crippen LogP contribution in [0.3, 0.4) is 0 Å². The van der Waals surface area contributed by atoms with Crippen LogP contribution in [0.25, 0.3) is 0 Å². The largest absolute Gasteiger partial charge is 0.379 e. The Morgan fingerprint density at radius 1 is 1.21 bits per heavy atom. The molecule has 0 radical (unpaired) electrons. The van der Waals surface area contributed by atoms with Gasteiger partial charge in [0.25, 0.3) is 0 Å². The van der Waals surface area contributed by atoms with Crippen molar-refractivity contribution in [3.05, 3.63) is 64.7 Å². The maximum atomic E-state index is 13.0. The van der Waals surface area contributed by atoms with Crippen LogP contribution in [0.1, 0.15) is 35.7 Å². The van der Waals surface area contributed by atoms with Gasteiger partial charge in [-0.05, 0) is 49.1 Å². The Labute approximate surface area is 112 Å². The molecule has 1 heterocycles. The summed E-state index contributed by atoms with van der Waals surface area (Å²) < 4.78 is 13.0. The molecule has 0 saturated carbocycles. The Balaban J connectivity index is 2.59. The molecule has 2 rings (SSSR count). The van der Waals surface area contributed by atoms with E-state index in [9.17, 15) is 9.50 Å². The Kier molecular flexibility index (Phi) is 3.67. The molecule has 1 N–H and O–H groups in total. The second-order valence-electron chi connectivity index (χ2n) is 4.82. The van der Waals surface area contributed by atoms with E-state index in [0.717, 1.165) is 22.9 Å². The molecule has 0 aliphatic rings. The van der Waals surface area contributed by atoms with Gasteiger partial charge in [0, 0.05) is 0 Å². The van der Waals surface area contributed by atoms with Crippen LogP contribution >= 0.6 is 0 Å². The fourth-order valence-corrected chi connectivity index (χ4v) is 2.33. The van der Waals surface area contributed by atoms with Crippen LogP contribution in [-0.4, -0.2) is 10.1 Å². The smallest absolute Gasteiger partial charge is 0.141 e. The van der Waals surface area contributed by atoms with Gasteiger partial charge >= 0.3 is 0 Å². The third-order valence-electron chi connectivity index (χ3n) is 3.71. The average Bonchev–Trinajstić information content (AvgIpc) is 2.42. The highest BCUT2D eigenvalue weighted by Gasteiger charge is 2.32. The molecule has 0 spiro atoms. The standard InChI is InChI=1S/C16H18FNO/c1-4-16(19,15-9-8-13(17)10-18-15)14-7-5-6-11(2)12(14)3/h5-10,19H,4H2,1-3H3. The van der Waals surface area contributed by atoms with Gasteiger partial charge in [0.05, 0.1) is 11.9 Å². The summed E-state index contributed by atoms with van der Waals surface area (Å²) in [6.07, 6.45) is 1.62. The Hall–Kier alpha value is -1.74. The second kappa shape index (κ2) is 5.10. The van der Waals surface area contributed by atoms with Gasteiger partial charge in [0.2, 0.25) is 0 Å². The lowest BCUT2D eigenvalue weighted by atomic mass is 9.83. The van der Waals surface area contributed by atoms with Crippen molar-refractivity contribution in [2.75, 3.05) is 0 Å². The van der Waals surface area contributed by atoms with Crippen molar-refractivity contribution in [1.82, 2.24) is 4.98 Å². The van der Waals surface area contributed by atoms with Crippen LogP contribution < -0.4 is 0 Å². The van der Waals surface area contributed by atoms with Crippen LogP contribution in [0, 0.1) is 19.7 Å². The number of aromatic nitrogens is 1. The van der Waals surface area contributed by atoms with Crippen LogP contribution in [-0.2, 0) is 5.60 Å². The van der Waals surface area contributed by atoms with Crippen molar-refractivity contribution >= 4 is 0 Å². The Morgan fingerprint density at radius 2 is 1.95 bits per heavy atom. The molecule has 1 aromatic heterocycles. The van der Waals surface area contributed by atoms with Gasteiger partial charge < -0.3 is 5.11 Å². The molecule has 0 saturated heterocycles. The van der Waals surface area contributed by atoms with Gasteiger partial charge in [-0.2, -0.15) is 0 Å². The maximum Gasteiger partial charge on any atom is 0.141 e. The molecule has 1 unspecified atom stereocenters. The van der Waals surface area contributed by atoms with E-state index >= 15 is 0 Å². The zero-order valence-corrected chi connectivity index (χ0v) is 11.4. The molecule has 100 valence electrons. The first-order valence-electron chi connectivity index (χ1n) is 6.40. The molecule has 2 nitrogen and oxygen atoms in total. The Morgan fingerprint density at radius 3 is 2.53 bits per heavy atom. The average molecular weight is 259 g/mol. The van der Waals surface area contributed by atoms with Crippen molar-refractivity contribution in [3.63, 3.8) is 0 Å². The molecule has 0 bridgehead atoms. The third-order valence-corrected chi connectivity index (χ3v) is 3.71. The van der Waals surface area contributed by atoms with Crippen LogP contribution in [0.4, 0.5) is 4.39 Å². The highest BCUT2D eigenvalue weighted by molar-refractivity contribution is 5.41. The minimum atomic E-state index is -1.18. The van der Waals surface area contributed by atoms with Crippen molar-refractivity contribution in [1.29, 1.82) is 0 Å². The van der Waals surface area contributed by atoms with E-state index in [1.54, 1.807) is 6.07 Å². The van der Waals surface area contributed by atoms with Crippen LogP contribution in [0.2, 0.25) is 0 Å². The van der Waals surface area contributed by atoms with Crippen molar-refractivity contribution in [3.8, 4) is 0 Å². The summed E-state index contributed by atoms with van der Waals surface area (Å²) in [4.78, 5) is 4.04. The molecule has 19 heavy (non-hydrogen) atoms. The fourth-order valence-electron chi connectivity index (χ4n) is 2.33. The molecule has 0 fully saturated rings. The lowest BCUT2D eigenvalue weighted by molar-refractivity contribution is 0.0710. The summed E-state index contributed by atoms with van der Waals surface area (Å²) in [6, 6.07) is 8.69. The van der Waals surface area contributed by atoms with E-state index < -0.39 is 11.4 Å². The SMILES string of the molecule is CCC(O)(c1ccc(F)cn1)c1cccc(C)c1C. The third kappa shape index (κ3) is 2.38. The molecule has 1 atom stereocenters. The Bertz CT molecular complexity index is 580. The van der Waals surface area contributed by atoms with E-state index in [-0.39, 0.29) is 0 Å². The number of benzene rings is 1. The summed E-state index contributed by atoms with van der Waals surface area (Å²) in [5.41, 5.74) is 2.28. The van der Waals surface area contributed by atoms with Gasteiger partial charge in [0.1, 0.15) is 11.4 Å². The minimum absolute atomic E-state index is 0.400. The van der Waals surface area contributed by atoms with Gasteiger partial charge in [-0.1, -0.05) is 25.1 Å². The number of pyridine rings is 1. The topological polar surface area (TPSA) is 33.1 Å². The quantitative estimate of drug-likeness (QED) is 0.915. The summed E-state index contributed by atoms with van der Waals surface area (Å²) in [5, 5.41) is 11.0. The normalized spacial score (nSPS) is 14.2. The summed E-state index contributed by atoms with van der Waals surface area (Å²) in [6.45, 7) is 5.88. The molecule has 2 aromatic rings. The predicted octanol–water partition coefficient (Wildman–Crippen LogP) is 3.48.